The van der Waals surface area contributed by atoms with Crippen LogP contribution in [0.2, 0.25) is 10.0 Å². The van der Waals surface area contributed by atoms with E-state index in [9.17, 15) is 4.79 Å². The molecule has 0 unspecified atom stereocenters. The maximum absolute atomic E-state index is 12.2. The lowest BCUT2D eigenvalue weighted by Crippen LogP contribution is -2.28. The second kappa shape index (κ2) is 8.14. The molecule has 0 saturated carbocycles. The normalized spacial score (nSPS) is 10.1. The Hall–Kier alpha value is -2.09. The van der Waals surface area contributed by atoms with Gasteiger partial charge < -0.3 is 19.9 Å². The third kappa shape index (κ3) is 3.87. The summed E-state index contributed by atoms with van der Waals surface area (Å²) < 4.78 is 10.00. The van der Waals surface area contributed by atoms with Crippen molar-refractivity contribution < 1.29 is 14.1 Å². The fourth-order valence-corrected chi connectivity index (χ4v) is 2.63. The molecule has 0 radical (unpaired) electrons. The molecule has 0 saturated heterocycles. The van der Waals surface area contributed by atoms with Crippen LogP contribution in [0.3, 0.4) is 0 Å². The van der Waals surface area contributed by atoms with Crippen molar-refractivity contribution in [2.24, 2.45) is 0 Å². The van der Waals surface area contributed by atoms with Gasteiger partial charge in [0, 0.05) is 12.1 Å². The topological polar surface area (TPSA) is 76.4 Å². The van der Waals surface area contributed by atoms with Crippen LogP contribution in [-0.2, 0) is 4.74 Å². The van der Waals surface area contributed by atoms with Gasteiger partial charge in [-0.05, 0) is 24.4 Å². The number of thiocarbonyl (C=S) groups is 1. The molecule has 1 aromatic heterocycles. The zero-order valence-electron chi connectivity index (χ0n) is 12.6. The van der Waals surface area contributed by atoms with Gasteiger partial charge in [0.05, 0.1) is 17.2 Å². The van der Waals surface area contributed by atoms with Crippen molar-refractivity contribution >= 4 is 52.4 Å². The number of nitrogens with zero attached hydrogens (tertiary/aromatic N) is 1. The molecular formula is C15H13Cl2N3O3S. The van der Waals surface area contributed by atoms with Crippen LogP contribution >= 0.6 is 35.4 Å². The molecular weight excluding hydrogens is 373 g/mol. The van der Waals surface area contributed by atoms with Gasteiger partial charge in [0.2, 0.25) is 5.88 Å². The Balaban J connectivity index is 2.49. The molecule has 0 amide bonds. The van der Waals surface area contributed by atoms with Crippen molar-refractivity contribution in [1.29, 1.82) is 0 Å². The number of ether oxygens (including phenoxy) is 1. The first-order valence-corrected chi connectivity index (χ1v) is 7.84. The standard InChI is InChI=1S/C15H13Cl2N3O3S/c1-3-7-18-15(24)19-13-11(14(21)22-2)12(20-23-13)10-8(16)5-4-6-9(10)17/h3-6H,1,7H2,2H3,(H2,18,19,24). The Morgan fingerprint density at radius 2 is 2.12 bits per heavy atom. The van der Waals surface area contributed by atoms with Gasteiger partial charge in [-0.1, -0.05) is 40.5 Å². The van der Waals surface area contributed by atoms with Crippen molar-refractivity contribution in [2.75, 3.05) is 19.0 Å². The lowest BCUT2D eigenvalue weighted by atomic mass is 10.1. The zero-order valence-corrected chi connectivity index (χ0v) is 14.9. The maximum Gasteiger partial charge on any atom is 0.345 e. The van der Waals surface area contributed by atoms with Gasteiger partial charge in [-0.15, -0.1) is 6.58 Å². The molecule has 2 aromatic rings. The molecule has 0 aliphatic carbocycles. The molecule has 1 heterocycles. The molecule has 0 fully saturated rings. The van der Waals surface area contributed by atoms with Crippen molar-refractivity contribution in [3.8, 4) is 11.3 Å². The predicted octanol–water partition coefficient (Wildman–Crippen LogP) is 3.91. The van der Waals surface area contributed by atoms with Crippen LogP contribution in [0.4, 0.5) is 5.88 Å². The first-order valence-electron chi connectivity index (χ1n) is 6.67. The van der Waals surface area contributed by atoms with Gasteiger partial charge in [-0.3, -0.25) is 0 Å². The average Bonchev–Trinajstić information content (AvgIpc) is 2.95. The Labute approximate surface area is 153 Å². The quantitative estimate of drug-likeness (QED) is 0.458. The minimum absolute atomic E-state index is 0.0226. The van der Waals surface area contributed by atoms with Crippen molar-refractivity contribution in [2.45, 2.75) is 0 Å². The summed E-state index contributed by atoms with van der Waals surface area (Å²) in [5.74, 6) is -0.648. The largest absolute Gasteiger partial charge is 0.465 e. The molecule has 0 spiro atoms. The fraction of sp³-hybridized carbons (Fsp3) is 0.133. The number of methoxy groups -OCH3 is 1. The summed E-state index contributed by atoms with van der Waals surface area (Å²) in [5.41, 5.74) is 0.560. The summed E-state index contributed by atoms with van der Waals surface area (Å²) in [7, 11) is 1.24. The molecule has 1 aromatic carbocycles. The van der Waals surface area contributed by atoms with Crippen LogP contribution in [0.1, 0.15) is 10.4 Å². The summed E-state index contributed by atoms with van der Waals surface area (Å²) in [6.45, 7) is 4.01. The molecule has 0 aliphatic rings. The lowest BCUT2D eigenvalue weighted by molar-refractivity contribution is 0.0602. The van der Waals surface area contributed by atoms with Gasteiger partial charge in [-0.25, -0.2) is 4.79 Å². The van der Waals surface area contributed by atoms with Crippen LogP contribution in [0.5, 0.6) is 0 Å². The SMILES string of the molecule is C=CCNC(=S)Nc1onc(-c2c(Cl)cccc2Cl)c1C(=O)OC. The predicted molar refractivity (Wildman–Crippen MR) is 97.7 cm³/mol. The number of esters is 1. The molecule has 24 heavy (non-hydrogen) atoms. The summed E-state index contributed by atoms with van der Waals surface area (Å²) in [4.78, 5) is 12.2. The molecule has 0 aliphatic heterocycles. The number of benzene rings is 1. The van der Waals surface area contributed by atoms with Gasteiger partial charge in [0.25, 0.3) is 0 Å². The minimum Gasteiger partial charge on any atom is -0.465 e. The number of aromatic nitrogens is 1. The minimum atomic E-state index is -0.670. The van der Waals surface area contributed by atoms with E-state index in [2.05, 4.69) is 22.4 Å². The summed E-state index contributed by atoms with van der Waals surface area (Å²) in [5, 5.41) is 10.4. The van der Waals surface area contributed by atoms with Crippen LogP contribution < -0.4 is 10.6 Å². The molecule has 2 N–H and O–H groups in total. The van der Waals surface area contributed by atoms with Crippen LogP contribution in [-0.4, -0.2) is 29.9 Å². The lowest BCUT2D eigenvalue weighted by Gasteiger charge is -2.08. The van der Waals surface area contributed by atoms with Gasteiger partial charge in [0.15, 0.2) is 10.7 Å². The highest BCUT2D eigenvalue weighted by atomic mass is 35.5. The average molecular weight is 386 g/mol. The van der Waals surface area contributed by atoms with E-state index in [1.165, 1.54) is 7.11 Å². The Morgan fingerprint density at radius 1 is 1.46 bits per heavy atom. The van der Waals surface area contributed by atoms with E-state index >= 15 is 0 Å². The number of carbonyl (C=O) groups excluding carboxylic acids is 1. The number of anilines is 1. The second-order valence-corrected chi connectivity index (χ2v) is 5.67. The Morgan fingerprint density at radius 3 is 2.71 bits per heavy atom. The number of carbonyl (C=O) groups is 1. The van der Waals surface area contributed by atoms with E-state index < -0.39 is 5.97 Å². The van der Waals surface area contributed by atoms with Crippen LogP contribution in [0.15, 0.2) is 35.4 Å². The van der Waals surface area contributed by atoms with Crippen molar-refractivity contribution in [3.63, 3.8) is 0 Å². The van der Waals surface area contributed by atoms with Crippen molar-refractivity contribution in [1.82, 2.24) is 10.5 Å². The Bertz CT molecular complexity index is 772. The van der Waals surface area contributed by atoms with E-state index in [4.69, 9.17) is 44.7 Å². The number of rotatable bonds is 5. The molecule has 0 bridgehead atoms. The van der Waals surface area contributed by atoms with E-state index in [0.29, 0.717) is 22.2 Å². The third-order valence-electron chi connectivity index (χ3n) is 2.92. The molecule has 2 rings (SSSR count). The second-order valence-electron chi connectivity index (χ2n) is 4.45. The van der Waals surface area contributed by atoms with Crippen molar-refractivity contribution in [3.05, 3.63) is 46.5 Å². The van der Waals surface area contributed by atoms with E-state index in [1.807, 2.05) is 0 Å². The first kappa shape index (κ1) is 18.3. The fourth-order valence-electron chi connectivity index (χ4n) is 1.87. The Kier molecular flexibility index (Phi) is 6.19. The summed E-state index contributed by atoms with van der Waals surface area (Å²) >= 11 is 17.5. The number of nitrogens with one attached hydrogen (secondary N) is 2. The maximum atomic E-state index is 12.2. The van der Waals surface area contributed by atoms with Crippen LogP contribution in [0, 0.1) is 0 Å². The smallest absolute Gasteiger partial charge is 0.345 e. The monoisotopic (exact) mass is 385 g/mol. The first-order chi connectivity index (χ1) is 11.5. The highest BCUT2D eigenvalue weighted by Crippen LogP contribution is 2.38. The molecule has 0 atom stereocenters. The van der Waals surface area contributed by atoms with Gasteiger partial charge in [0.1, 0.15) is 5.69 Å². The number of hydrogen-bond donors (Lipinski definition) is 2. The van der Waals surface area contributed by atoms with E-state index in [1.54, 1.807) is 24.3 Å². The third-order valence-corrected chi connectivity index (χ3v) is 3.79. The van der Waals surface area contributed by atoms with Gasteiger partial charge in [-0.2, -0.15) is 0 Å². The van der Waals surface area contributed by atoms with Crippen LogP contribution in [0.25, 0.3) is 11.3 Å². The highest BCUT2D eigenvalue weighted by Gasteiger charge is 2.28. The van der Waals surface area contributed by atoms with E-state index in [0.717, 1.165) is 0 Å². The molecule has 126 valence electrons. The number of hydrogen-bond acceptors (Lipinski definition) is 5. The van der Waals surface area contributed by atoms with Gasteiger partial charge >= 0.3 is 5.97 Å². The summed E-state index contributed by atoms with van der Waals surface area (Å²) in [6, 6.07) is 4.93. The molecule has 9 heteroatoms. The summed E-state index contributed by atoms with van der Waals surface area (Å²) in [6.07, 6.45) is 1.63. The number of halogens is 2. The van der Waals surface area contributed by atoms with E-state index in [-0.39, 0.29) is 22.3 Å². The zero-order chi connectivity index (χ0) is 17.7. The molecule has 6 nitrogen and oxygen atoms in total. The highest BCUT2D eigenvalue weighted by molar-refractivity contribution is 7.80.